The van der Waals surface area contributed by atoms with Crippen molar-refractivity contribution in [2.45, 2.75) is 33.1 Å². The fourth-order valence-electron chi connectivity index (χ4n) is 1.55. The summed E-state index contributed by atoms with van der Waals surface area (Å²) in [6, 6.07) is 2.09. The average Bonchev–Trinajstić information content (AvgIpc) is 2.55. The molecule has 0 radical (unpaired) electrons. The first-order valence-electron chi connectivity index (χ1n) is 5.04. The van der Waals surface area contributed by atoms with Crippen molar-refractivity contribution >= 4 is 22.6 Å². The van der Waals surface area contributed by atoms with Crippen molar-refractivity contribution < 1.29 is 0 Å². The molecule has 0 spiro atoms. The van der Waals surface area contributed by atoms with Crippen molar-refractivity contribution in [3.63, 3.8) is 0 Å². The van der Waals surface area contributed by atoms with E-state index in [1.165, 1.54) is 0 Å². The van der Waals surface area contributed by atoms with Gasteiger partial charge in [-0.2, -0.15) is 0 Å². The first-order chi connectivity index (χ1) is 6.89. The minimum absolute atomic E-state index is 0.0952. The zero-order valence-electron chi connectivity index (χ0n) is 9.48. The molecule has 80 valence electrons. The van der Waals surface area contributed by atoms with E-state index in [1.54, 1.807) is 6.20 Å². The Morgan fingerprint density at radius 1 is 1.33 bits per heavy atom. The highest BCUT2D eigenvalue weighted by Gasteiger charge is 2.17. The topological polar surface area (TPSA) is 28.7 Å². The minimum Gasteiger partial charge on any atom is -0.343 e. The molecule has 2 nitrogen and oxygen atoms in total. The number of halogens is 1. The van der Waals surface area contributed by atoms with E-state index in [2.05, 4.69) is 36.8 Å². The van der Waals surface area contributed by atoms with Crippen molar-refractivity contribution in [3.05, 3.63) is 28.5 Å². The Balaban J connectivity index is 2.72. The van der Waals surface area contributed by atoms with Crippen molar-refractivity contribution in [2.75, 3.05) is 0 Å². The highest BCUT2D eigenvalue weighted by molar-refractivity contribution is 6.36. The van der Waals surface area contributed by atoms with Gasteiger partial charge in [0.05, 0.1) is 5.02 Å². The van der Waals surface area contributed by atoms with Crippen molar-refractivity contribution in [1.29, 1.82) is 0 Å². The molecule has 2 heterocycles. The third-order valence-electron chi connectivity index (χ3n) is 2.57. The molecule has 0 fully saturated rings. The Bertz CT molecular complexity index is 506. The number of H-pyrrole nitrogens is 1. The Labute approximate surface area is 94.7 Å². The molecule has 0 aliphatic rings. The van der Waals surface area contributed by atoms with Crippen molar-refractivity contribution in [2.24, 2.45) is 0 Å². The number of aromatic amines is 1. The van der Waals surface area contributed by atoms with Crippen LogP contribution in [0.25, 0.3) is 11.0 Å². The zero-order chi connectivity index (χ0) is 11.2. The SMILES string of the molecule is Cc1cnc2[nH]c(C(C)(C)C)cc2c1Cl. The van der Waals surface area contributed by atoms with Gasteiger partial charge in [-0.25, -0.2) is 4.98 Å². The normalized spacial score (nSPS) is 12.3. The summed E-state index contributed by atoms with van der Waals surface area (Å²) in [6.07, 6.45) is 1.80. The van der Waals surface area contributed by atoms with E-state index in [9.17, 15) is 0 Å². The fraction of sp³-hybridized carbons (Fsp3) is 0.417. The summed E-state index contributed by atoms with van der Waals surface area (Å²) in [5.41, 5.74) is 3.15. The van der Waals surface area contributed by atoms with E-state index in [-0.39, 0.29) is 5.41 Å². The molecule has 0 aliphatic heterocycles. The highest BCUT2D eigenvalue weighted by Crippen LogP contribution is 2.30. The van der Waals surface area contributed by atoms with Crippen LogP contribution in [0, 0.1) is 6.92 Å². The molecule has 15 heavy (non-hydrogen) atoms. The molecular weight excluding hydrogens is 208 g/mol. The number of fused-ring (bicyclic) bond motifs is 1. The van der Waals surface area contributed by atoms with Crippen LogP contribution in [-0.4, -0.2) is 9.97 Å². The van der Waals surface area contributed by atoms with Gasteiger partial charge in [0, 0.05) is 22.7 Å². The number of hydrogen-bond donors (Lipinski definition) is 1. The number of hydrogen-bond acceptors (Lipinski definition) is 1. The average molecular weight is 223 g/mol. The van der Waals surface area contributed by atoms with Crippen LogP contribution in [-0.2, 0) is 5.41 Å². The van der Waals surface area contributed by atoms with E-state index in [0.29, 0.717) is 0 Å². The Morgan fingerprint density at radius 3 is 2.60 bits per heavy atom. The second-order valence-corrected chi connectivity index (χ2v) is 5.33. The monoisotopic (exact) mass is 222 g/mol. The van der Waals surface area contributed by atoms with Gasteiger partial charge in [0.1, 0.15) is 5.65 Å². The maximum Gasteiger partial charge on any atom is 0.138 e. The Kier molecular flexibility index (Phi) is 2.27. The second kappa shape index (κ2) is 3.24. The molecule has 3 heteroatoms. The third kappa shape index (κ3) is 1.74. The molecular formula is C12H15ClN2. The van der Waals surface area contributed by atoms with E-state index >= 15 is 0 Å². The molecule has 0 unspecified atom stereocenters. The van der Waals surface area contributed by atoms with Crippen LogP contribution >= 0.6 is 11.6 Å². The first kappa shape index (κ1) is 10.5. The maximum atomic E-state index is 6.23. The summed E-state index contributed by atoms with van der Waals surface area (Å²) in [6.45, 7) is 8.47. The fourth-order valence-corrected chi connectivity index (χ4v) is 1.74. The van der Waals surface area contributed by atoms with Gasteiger partial charge in [-0.15, -0.1) is 0 Å². The van der Waals surface area contributed by atoms with Gasteiger partial charge in [0.2, 0.25) is 0 Å². The number of rotatable bonds is 0. The number of nitrogens with one attached hydrogen (secondary N) is 1. The summed E-state index contributed by atoms with van der Waals surface area (Å²) in [5, 5.41) is 1.81. The molecule has 0 bridgehead atoms. The molecule has 0 aromatic carbocycles. The summed E-state index contributed by atoms with van der Waals surface area (Å²) in [5.74, 6) is 0. The van der Waals surface area contributed by atoms with Crippen molar-refractivity contribution in [1.82, 2.24) is 9.97 Å². The van der Waals surface area contributed by atoms with Crippen LogP contribution in [0.1, 0.15) is 32.0 Å². The van der Waals surface area contributed by atoms with Crippen LogP contribution in [0.3, 0.4) is 0 Å². The lowest BCUT2D eigenvalue weighted by atomic mass is 9.92. The molecule has 0 amide bonds. The van der Waals surface area contributed by atoms with Crippen LogP contribution < -0.4 is 0 Å². The predicted molar refractivity (Wildman–Crippen MR) is 64.5 cm³/mol. The zero-order valence-corrected chi connectivity index (χ0v) is 10.2. The Morgan fingerprint density at radius 2 is 2.00 bits per heavy atom. The van der Waals surface area contributed by atoms with Crippen LogP contribution in [0.4, 0.5) is 0 Å². The van der Waals surface area contributed by atoms with E-state index in [4.69, 9.17) is 11.6 Å². The van der Waals surface area contributed by atoms with E-state index in [0.717, 1.165) is 27.3 Å². The lowest BCUT2D eigenvalue weighted by molar-refractivity contribution is 0.574. The van der Waals surface area contributed by atoms with Gasteiger partial charge in [-0.05, 0) is 18.6 Å². The van der Waals surface area contributed by atoms with E-state index < -0.39 is 0 Å². The summed E-state index contributed by atoms with van der Waals surface area (Å²) < 4.78 is 0. The lowest BCUT2D eigenvalue weighted by Gasteiger charge is -2.15. The molecule has 2 aromatic heterocycles. The molecule has 2 aromatic rings. The molecule has 2 rings (SSSR count). The van der Waals surface area contributed by atoms with Gasteiger partial charge in [0.15, 0.2) is 0 Å². The van der Waals surface area contributed by atoms with Crippen molar-refractivity contribution in [3.8, 4) is 0 Å². The Hall–Kier alpha value is -1.02. The summed E-state index contributed by atoms with van der Waals surface area (Å²) in [7, 11) is 0. The van der Waals surface area contributed by atoms with E-state index in [1.807, 2.05) is 6.92 Å². The number of aryl methyl sites for hydroxylation is 1. The van der Waals surface area contributed by atoms with Crippen LogP contribution in [0.2, 0.25) is 5.02 Å². The van der Waals surface area contributed by atoms with Gasteiger partial charge < -0.3 is 4.98 Å². The lowest BCUT2D eigenvalue weighted by Crippen LogP contribution is -2.11. The standard InChI is InChI=1S/C12H15ClN2/c1-7-6-14-11-8(10(7)13)5-9(15-11)12(2,3)4/h5-6H,1-4H3,(H,14,15). The second-order valence-electron chi connectivity index (χ2n) is 4.95. The molecule has 1 N–H and O–H groups in total. The maximum absolute atomic E-state index is 6.23. The number of nitrogens with zero attached hydrogens (tertiary/aromatic N) is 1. The smallest absolute Gasteiger partial charge is 0.138 e. The van der Waals surface area contributed by atoms with Crippen LogP contribution in [0.5, 0.6) is 0 Å². The minimum atomic E-state index is 0.0952. The molecule has 0 atom stereocenters. The van der Waals surface area contributed by atoms with Crippen LogP contribution in [0.15, 0.2) is 12.3 Å². The van der Waals surface area contributed by atoms with Gasteiger partial charge in [-0.1, -0.05) is 32.4 Å². The van der Waals surface area contributed by atoms with Gasteiger partial charge in [0.25, 0.3) is 0 Å². The highest BCUT2D eigenvalue weighted by atomic mass is 35.5. The quantitative estimate of drug-likeness (QED) is 0.721. The molecule has 0 aliphatic carbocycles. The summed E-state index contributed by atoms with van der Waals surface area (Å²) in [4.78, 5) is 7.64. The predicted octanol–water partition coefficient (Wildman–Crippen LogP) is 3.82. The largest absolute Gasteiger partial charge is 0.343 e. The first-order valence-corrected chi connectivity index (χ1v) is 5.41. The number of pyridine rings is 1. The molecule has 0 saturated carbocycles. The number of aromatic nitrogens is 2. The molecule has 0 saturated heterocycles. The van der Waals surface area contributed by atoms with Gasteiger partial charge >= 0.3 is 0 Å². The third-order valence-corrected chi connectivity index (χ3v) is 3.08. The summed E-state index contributed by atoms with van der Waals surface area (Å²) >= 11 is 6.23. The van der Waals surface area contributed by atoms with Gasteiger partial charge in [-0.3, -0.25) is 0 Å².